The van der Waals surface area contributed by atoms with E-state index in [4.69, 9.17) is 5.73 Å². The van der Waals surface area contributed by atoms with Gasteiger partial charge < -0.3 is 5.73 Å². The predicted molar refractivity (Wildman–Crippen MR) is 52.4 cm³/mol. The Morgan fingerprint density at radius 1 is 1.31 bits per heavy atom. The standard InChI is InChI=1S/C10H8F3N3/c11-10(12,13)8-7(5-14)4-6-2-1-3-15-9(6)16-8/h1-4H,5,14H2. The lowest BCUT2D eigenvalue weighted by Crippen LogP contribution is -2.14. The zero-order valence-corrected chi connectivity index (χ0v) is 8.12. The zero-order chi connectivity index (χ0) is 11.8. The Hall–Kier alpha value is -1.69. The quantitative estimate of drug-likeness (QED) is 0.811. The molecule has 0 radical (unpaired) electrons. The summed E-state index contributed by atoms with van der Waals surface area (Å²) < 4.78 is 37.9. The summed E-state index contributed by atoms with van der Waals surface area (Å²) in [6, 6.07) is 4.66. The molecule has 0 atom stereocenters. The van der Waals surface area contributed by atoms with Crippen LogP contribution in [0.1, 0.15) is 11.3 Å². The van der Waals surface area contributed by atoms with Crippen LogP contribution in [0.4, 0.5) is 13.2 Å². The minimum absolute atomic E-state index is 0.0204. The number of nitrogens with zero attached hydrogens (tertiary/aromatic N) is 2. The van der Waals surface area contributed by atoms with Crippen LogP contribution in [0, 0.1) is 0 Å². The SMILES string of the molecule is NCc1cc2cccnc2nc1C(F)(F)F. The van der Waals surface area contributed by atoms with Gasteiger partial charge in [0, 0.05) is 18.1 Å². The molecule has 0 bridgehead atoms. The molecule has 2 aromatic heterocycles. The van der Waals surface area contributed by atoms with Gasteiger partial charge in [0.05, 0.1) is 0 Å². The number of halogens is 3. The highest BCUT2D eigenvalue weighted by Gasteiger charge is 2.35. The number of fused-ring (bicyclic) bond motifs is 1. The third-order valence-electron chi connectivity index (χ3n) is 2.16. The molecule has 0 aliphatic rings. The number of nitrogens with two attached hydrogens (primary N) is 1. The molecule has 0 aliphatic carbocycles. The molecular formula is C10H8F3N3. The Morgan fingerprint density at radius 2 is 2.06 bits per heavy atom. The summed E-state index contributed by atoms with van der Waals surface area (Å²) in [7, 11) is 0. The molecule has 6 heteroatoms. The van der Waals surface area contributed by atoms with Gasteiger partial charge in [-0.1, -0.05) is 0 Å². The molecule has 0 aromatic carbocycles. The molecule has 0 saturated carbocycles. The molecule has 3 nitrogen and oxygen atoms in total. The molecule has 0 unspecified atom stereocenters. The van der Waals surface area contributed by atoms with Crippen LogP contribution in [0.3, 0.4) is 0 Å². The minimum Gasteiger partial charge on any atom is -0.326 e. The molecule has 2 heterocycles. The van der Waals surface area contributed by atoms with Gasteiger partial charge in [-0.3, -0.25) is 0 Å². The highest BCUT2D eigenvalue weighted by Crippen LogP contribution is 2.31. The molecule has 0 spiro atoms. The van der Waals surface area contributed by atoms with Crippen molar-refractivity contribution in [3.63, 3.8) is 0 Å². The maximum atomic E-state index is 12.6. The first-order valence-electron chi connectivity index (χ1n) is 4.54. The van der Waals surface area contributed by atoms with Gasteiger partial charge in [0.15, 0.2) is 11.3 Å². The van der Waals surface area contributed by atoms with E-state index in [2.05, 4.69) is 9.97 Å². The van der Waals surface area contributed by atoms with Gasteiger partial charge >= 0.3 is 6.18 Å². The highest BCUT2D eigenvalue weighted by molar-refractivity contribution is 5.75. The molecule has 0 fully saturated rings. The first-order valence-corrected chi connectivity index (χ1v) is 4.54. The zero-order valence-electron chi connectivity index (χ0n) is 8.12. The average Bonchev–Trinajstić information content (AvgIpc) is 2.26. The Bertz CT molecular complexity index is 522. The number of pyridine rings is 2. The van der Waals surface area contributed by atoms with E-state index in [0.29, 0.717) is 5.39 Å². The largest absolute Gasteiger partial charge is 0.433 e. The number of hydrogen-bond donors (Lipinski definition) is 1. The molecule has 16 heavy (non-hydrogen) atoms. The first-order chi connectivity index (χ1) is 7.52. The fraction of sp³-hybridized carbons (Fsp3) is 0.200. The van der Waals surface area contributed by atoms with Crippen molar-refractivity contribution in [1.29, 1.82) is 0 Å². The molecule has 0 saturated heterocycles. The molecule has 2 N–H and O–H groups in total. The Labute approximate surface area is 89.1 Å². The lowest BCUT2D eigenvalue weighted by Gasteiger charge is -2.11. The molecule has 2 aromatic rings. The van der Waals surface area contributed by atoms with Crippen LogP contribution < -0.4 is 5.73 Å². The minimum atomic E-state index is -4.50. The summed E-state index contributed by atoms with van der Waals surface area (Å²) in [5.74, 6) is 0. The van der Waals surface area contributed by atoms with Crippen molar-refractivity contribution in [3.05, 3.63) is 35.7 Å². The van der Waals surface area contributed by atoms with E-state index in [0.717, 1.165) is 0 Å². The monoisotopic (exact) mass is 227 g/mol. The average molecular weight is 227 g/mol. The second kappa shape index (κ2) is 3.71. The van der Waals surface area contributed by atoms with Gasteiger partial charge in [-0.2, -0.15) is 13.2 Å². The lowest BCUT2D eigenvalue weighted by molar-refractivity contribution is -0.141. The van der Waals surface area contributed by atoms with E-state index < -0.39 is 11.9 Å². The van der Waals surface area contributed by atoms with Crippen LogP contribution >= 0.6 is 0 Å². The molecule has 2 rings (SSSR count). The summed E-state index contributed by atoms with van der Waals surface area (Å²) in [6.07, 6.45) is -3.10. The highest BCUT2D eigenvalue weighted by atomic mass is 19.4. The number of rotatable bonds is 1. The van der Waals surface area contributed by atoms with E-state index in [1.54, 1.807) is 12.1 Å². The second-order valence-corrected chi connectivity index (χ2v) is 3.25. The van der Waals surface area contributed by atoms with E-state index >= 15 is 0 Å². The smallest absolute Gasteiger partial charge is 0.326 e. The summed E-state index contributed by atoms with van der Waals surface area (Å²) in [5.41, 5.74) is 4.38. The Balaban J connectivity index is 2.73. The van der Waals surface area contributed by atoms with Crippen molar-refractivity contribution >= 4 is 11.0 Å². The normalized spacial score (nSPS) is 12.0. The van der Waals surface area contributed by atoms with Gasteiger partial charge in [-0.05, 0) is 23.8 Å². The summed E-state index contributed by atoms with van der Waals surface area (Å²) >= 11 is 0. The number of aromatic nitrogens is 2. The van der Waals surface area contributed by atoms with Crippen LogP contribution in [-0.4, -0.2) is 9.97 Å². The van der Waals surface area contributed by atoms with Crippen molar-refractivity contribution in [2.45, 2.75) is 12.7 Å². The summed E-state index contributed by atoms with van der Waals surface area (Å²) in [4.78, 5) is 7.28. The molecule has 84 valence electrons. The van der Waals surface area contributed by atoms with Crippen molar-refractivity contribution in [3.8, 4) is 0 Å². The van der Waals surface area contributed by atoms with Crippen molar-refractivity contribution in [2.24, 2.45) is 5.73 Å². The fourth-order valence-corrected chi connectivity index (χ4v) is 1.45. The van der Waals surface area contributed by atoms with Crippen LogP contribution in [0.2, 0.25) is 0 Å². The van der Waals surface area contributed by atoms with Gasteiger partial charge in [0.2, 0.25) is 0 Å². The van der Waals surface area contributed by atoms with Crippen molar-refractivity contribution in [1.82, 2.24) is 9.97 Å². The van der Waals surface area contributed by atoms with E-state index in [9.17, 15) is 13.2 Å². The maximum absolute atomic E-state index is 12.6. The van der Waals surface area contributed by atoms with Crippen LogP contribution in [0.5, 0.6) is 0 Å². The third kappa shape index (κ3) is 1.83. The van der Waals surface area contributed by atoms with Crippen LogP contribution in [-0.2, 0) is 12.7 Å². The first kappa shape index (κ1) is 10.8. The fourth-order valence-electron chi connectivity index (χ4n) is 1.45. The molecule has 0 amide bonds. The topological polar surface area (TPSA) is 51.8 Å². The number of alkyl halides is 3. The van der Waals surface area contributed by atoms with Gasteiger partial charge in [-0.15, -0.1) is 0 Å². The van der Waals surface area contributed by atoms with Crippen molar-refractivity contribution in [2.75, 3.05) is 0 Å². The lowest BCUT2D eigenvalue weighted by atomic mass is 10.1. The molecule has 0 aliphatic heterocycles. The van der Waals surface area contributed by atoms with Crippen molar-refractivity contribution < 1.29 is 13.2 Å². The van der Waals surface area contributed by atoms with Gasteiger partial charge in [-0.25, -0.2) is 9.97 Å². The Morgan fingerprint density at radius 3 is 2.69 bits per heavy atom. The van der Waals surface area contributed by atoms with Gasteiger partial charge in [0.1, 0.15) is 0 Å². The third-order valence-corrected chi connectivity index (χ3v) is 2.16. The summed E-state index contributed by atoms with van der Waals surface area (Å²) in [5, 5.41) is 0.552. The Kier molecular flexibility index (Phi) is 2.51. The van der Waals surface area contributed by atoms with E-state index in [1.807, 2.05) is 0 Å². The van der Waals surface area contributed by atoms with E-state index in [1.165, 1.54) is 12.3 Å². The van der Waals surface area contributed by atoms with Crippen LogP contribution in [0.25, 0.3) is 11.0 Å². The van der Waals surface area contributed by atoms with E-state index in [-0.39, 0.29) is 17.8 Å². The molecular weight excluding hydrogens is 219 g/mol. The summed E-state index contributed by atoms with van der Waals surface area (Å²) in [6.45, 7) is -0.202. The second-order valence-electron chi connectivity index (χ2n) is 3.25. The maximum Gasteiger partial charge on any atom is 0.433 e. The predicted octanol–water partition coefficient (Wildman–Crippen LogP) is 2.11. The van der Waals surface area contributed by atoms with Gasteiger partial charge in [0.25, 0.3) is 0 Å². The number of hydrogen-bond acceptors (Lipinski definition) is 3. The van der Waals surface area contributed by atoms with Crippen LogP contribution in [0.15, 0.2) is 24.4 Å².